The van der Waals surface area contributed by atoms with E-state index in [1.54, 1.807) is 12.3 Å². The third kappa shape index (κ3) is 1.51. The smallest absolute Gasteiger partial charge is 0.227 e. The van der Waals surface area contributed by atoms with Crippen LogP contribution >= 0.6 is 0 Å². The van der Waals surface area contributed by atoms with Crippen LogP contribution in [-0.4, -0.2) is 34.3 Å². The molecule has 1 aliphatic carbocycles. The molecule has 3 N–H and O–H groups in total. The number of piperidine rings is 1. The molecule has 2 aliphatic rings. The van der Waals surface area contributed by atoms with Gasteiger partial charge in [-0.05, 0) is 18.9 Å². The van der Waals surface area contributed by atoms with Crippen molar-refractivity contribution in [3.05, 3.63) is 12.3 Å². The summed E-state index contributed by atoms with van der Waals surface area (Å²) in [5.74, 6) is 1.96. The second kappa shape index (κ2) is 3.59. The molecule has 16 heavy (non-hydrogen) atoms. The first-order chi connectivity index (χ1) is 7.74. The Bertz CT molecular complexity index is 383. The molecule has 5 heteroatoms. The molecule has 0 aromatic carbocycles. The van der Waals surface area contributed by atoms with E-state index >= 15 is 0 Å². The summed E-state index contributed by atoms with van der Waals surface area (Å²) >= 11 is 0. The zero-order valence-electron chi connectivity index (χ0n) is 9.08. The van der Waals surface area contributed by atoms with Crippen molar-refractivity contribution in [3.8, 4) is 0 Å². The number of hydrogen-bond acceptors (Lipinski definition) is 5. The average molecular weight is 220 g/mol. The van der Waals surface area contributed by atoms with Crippen molar-refractivity contribution in [2.75, 3.05) is 23.7 Å². The summed E-state index contributed by atoms with van der Waals surface area (Å²) < 4.78 is 0. The molecule has 2 atom stereocenters. The van der Waals surface area contributed by atoms with Crippen LogP contribution in [0.3, 0.4) is 0 Å². The van der Waals surface area contributed by atoms with E-state index in [1.807, 2.05) is 0 Å². The molecule has 1 saturated carbocycles. The summed E-state index contributed by atoms with van der Waals surface area (Å²) in [6, 6.07) is 1.69. The lowest BCUT2D eigenvalue weighted by Crippen LogP contribution is -2.45. The molecule has 2 bridgehead atoms. The summed E-state index contributed by atoms with van der Waals surface area (Å²) in [6.07, 6.45) is 3.79. The molecule has 1 aromatic rings. The highest BCUT2D eigenvalue weighted by molar-refractivity contribution is 5.38. The average Bonchev–Trinajstić information content (AvgIpc) is 2.53. The van der Waals surface area contributed by atoms with E-state index < -0.39 is 0 Å². The molecule has 0 amide bonds. The number of nitrogen functional groups attached to an aromatic ring is 1. The number of nitrogens with two attached hydrogens (primary N) is 1. The SMILES string of the molecule is Nc1ccnc(N2CC3CCC(C2)C3O)n1. The molecule has 0 radical (unpaired) electrons. The molecular formula is C11H16N4O. The summed E-state index contributed by atoms with van der Waals surface area (Å²) in [4.78, 5) is 10.6. The van der Waals surface area contributed by atoms with Crippen LogP contribution in [0.2, 0.25) is 0 Å². The Balaban J connectivity index is 1.83. The minimum atomic E-state index is -0.127. The number of aliphatic hydroxyl groups excluding tert-OH is 1. The fraction of sp³-hybridized carbons (Fsp3) is 0.636. The van der Waals surface area contributed by atoms with Crippen molar-refractivity contribution < 1.29 is 5.11 Å². The quantitative estimate of drug-likeness (QED) is 0.710. The highest BCUT2D eigenvalue weighted by atomic mass is 16.3. The van der Waals surface area contributed by atoms with Gasteiger partial charge in [-0.2, -0.15) is 4.98 Å². The van der Waals surface area contributed by atoms with Crippen LogP contribution in [0.5, 0.6) is 0 Å². The number of fused-ring (bicyclic) bond motifs is 2. The van der Waals surface area contributed by atoms with Crippen LogP contribution in [-0.2, 0) is 0 Å². The van der Waals surface area contributed by atoms with Gasteiger partial charge in [0, 0.05) is 31.1 Å². The number of nitrogens with zero attached hydrogens (tertiary/aromatic N) is 3. The lowest BCUT2D eigenvalue weighted by atomic mass is 9.95. The molecule has 86 valence electrons. The maximum absolute atomic E-state index is 9.94. The van der Waals surface area contributed by atoms with Gasteiger partial charge in [-0.1, -0.05) is 0 Å². The third-order valence-corrected chi connectivity index (χ3v) is 3.73. The highest BCUT2D eigenvalue weighted by Gasteiger charge is 2.41. The summed E-state index contributed by atoms with van der Waals surface area (Å²) in [7, 11) is 0. The molecular weight excluding hydrogens is 204 g/mol. The molecule has 3 rings (SSSR count). The fourth-order valence-corrected chi connectivity index (χ4v) is 2.87. The maximum Gasteiger partial charge on any atom is 0.227 e. The van der Waals surface area contributed by atoms with Gasteiger partial charge in [0.1, 0.15) is 5.82 Å². The number of anilines is 2. The van der Waals surface area contributed by atoms with Gasteiger partial charge >= 0.3 is 0 Å². The molecule has 1 aliphatic heterocycles. The van der Waals surface area contributed by atoms with Gasteiger partial charge in [0.25, 0.3) is 0 Å². The van der Waals surface area contributed by atoms with Gasteiger partial charge in [-0.25, -0.2) is 4.98 Å². The fourth-order valence-electron chi connectivity index (χ4n) is 2.87. The highest BCUT2D eigenvalue weighted by Crippen LogP contribution is 2.37. The van der Waals surface area contributed by atoms with Gasteiger partial charge in [-0.3, -0.25) is 0 Å². The van der Waals surface area contributed by atoms with Crippen LogP contribution in [0.4, 0.5) is 11.8 Å². The Hall–Kier alpha value is -1.36. The van der Waals surface area contributed by atoms with Gasteiger partial charge in [0.15, 0.2) is 0 Å². The lowest BCUT2D eigenvalue weighted by Gasteiger charge is -2.35. The zero-order valence-corrected chi connectivity index (χ0v) is 9.08. The maximum atomic E-state index is 9.94. The Morgan fingerprint density at radius 2 is 2.00 bits per heavy atom. The van der Waals surface area contributed by atoms with Crippen LogP contribution in [0.15, 0.2) is 12.3 Å². The van der Waals surface area contributed by atoms with Crippen LogP contribution in [0, 0.1) is 11.8 Å². The van der Waals surface area contributed by atoms with Crippen molar-refractivity contribution in [1.29, 1.82) is 0 Å². The minimum absolute atomic E-state index is 0.127. The molecule has 5 nitrogen and oxygen atoms in total. The van der Waals surface area contributed by atoms with E-state index in [-0.39, 0.29) is 6.10 Å². The van der Waals surface area contributed by atoms with Gasteiger partial charge in [0.2, 0.25) is 5.95 Å². The second-order valence-electron chi connectivity index (χ2n) is 4.77. The van der Waals surface area contributed by atoms with E-state index in [4.69, 9.17) is 5.73 Å². The van der Waals surface area contributed by atoms with Crippen molar-refractivity contribution in [2.45, 2.75) is 18.9 Å². The number of aromatic nitrogens is 2. The molecule has 0 spiro atoms. The predicted octanol–water partition coefficient (Wildman–Crippen LogP) is 0.266. The Labute approximate surface area is 94.3 Å². The normalized spacial score (nSPS) is 33.1. The second-order valence-corrected chi connectivity index (χ2v) is 4.77. The van der Waals surface area contributed by atoms with Gasteiger partial charge < -0.3 is 15.7 Å². The topological polar surface area (TPSA) is 75.3 Å². The minimum Gasteiger partial charge on any atom is -0.392 e. The van der Waals surface area contributed by atoms with Crippen molar-refractivity contribution in [3.63, 3.8) is 0 Å². The largest absolute Gasteiger partial charge is 0.392 e. The van der Waals surface area contributed by atoms with Crippen molar-refractivity contribution in [1.82, 2.24) is 9.97 Å². The first-order valence-corrected chi connectivity index (χ1v) is 5.75. The molecule has 2 fully saturated rings. The van der Waals surface area contributed by atoms with Crippen LogP contribution < -0.4 is 10.6 Å². The standard InChI is InChI=1S/C11H16N4O/c12-9-3-4-13-11(14-9)15-5-7-1-2-8(6-15)10(7)16/h3-4,7-8,10,16H,1-2,5-6H2,(H2,12,13,14). The first-order valence-electron chi connectivity index (χ1n) is 5.75. The van der Waals surface area contributed by atoms with Crippen LogP contribution in [0.25, 0.3) is 0 Å². The van der Waals surface area contributed by atoms with Crippen LogP contribution in [0.1, 0.15) is 12.8 Å². The Morgan fingerprint density at radius 3 is 2.62 bits per heavy atom. The van der Waals surface area contributed by atoms with E-state index in [1.165, 1.54) is 0 Å². The summed E-state index contributed by atoms with van der Waals surface area (Å²) in [5, 5.41) is 9.94. The van der Waals surface area contributed by atoms with Gasteiger partial charge in [-0.15, -0.1) is 0 Å². The summed E-state index contributed by atoms with van der Waals surface area (Å²) in [6.45, 7) is 1.70. The van der Waals surface area contributed by atoms with Crippen molar-refractivity contribution >= 4 is 11.8 Å². The number of aliphatic hydroxyl groups is 1. The van der Waals surface area contributed by atoms with E-state index in [0.29, 0.717) is 23.6 Å². The lowest BCUT2D eigenvalue weighted by molar-refractivity contribution is 0.0788. The van der Waals surface area contributed by atoms with E-state index in [0.717, 1.165) is 25.9 Å². The Kier molecular flexibility index (Phi) is 2.21. The third-order valence-electron chi connectivity index (χ3n) is 3.73. The summed E-state index contributed by atoms with van der Waals surface area (Å²) in [5.41, 5.74) is 5.65. The number of hydrogen-bond donors (Lipinski definition) is 2. The zero-order chi connectivity index (χ0) is 11.1. The van der Waals surface area contributed by atoms with E-state index in [9.17, 15) is 5.11 Å². The number of rotatable bonds is 1. The Morgan fingerprint density at radius 1 is 1.31 bits per heavy atom. The molecule has 1 saturated heterocycles. The monoisotopic (exact) mass is 220 g/mol. The van der Waals surface area contributed by atoms with E-state index in [2.05, 4.69) is 14.9 Å². The van der Waals surface area contributed by atoms with Crippen molar-refractivity contribution in [2.24, 2.45) is 11.8 Å². The first kappa shape index (κ1) is 9.84. The molecule has 1 aromatic heterocycles. The molecule has 2 unspecified atom stereocenters. The predicted molar refractivity (Wildman–Crippen MR) is 60.9 cm³/mol. The van der Waals surface area contributed by atoms with Gasteiger partial charge in [0.05, 0.1) is 6.10 Å². The molecule has 2 heterocycles.